The fraction of sp³-hybridized carbons (Fsp3) is 0.533. The van der Waals surface area contributed by atoms with Gasteiger partial charge in [-0.2, -0.15) is 0 Å². The number of hydrogen-bond acceptors (Lipinski definition) is 5. The number of benzene rings is 1. The number of allylic oxidation sites excluding steroid dienone is 2. The second-order valence-electron chi connectivity index (χ2n) is 9.34. The molecule has 36 heavy (non-hydrogen) atoms. The van der Waals surface area contributed by atoms with Crippen LogP contribution in [0.15, 0.2) is 50.5 Å². The first kappa shape index (κ1) is 30.2. The Labute approximate surface area is 221 Å². The van der Waals surface area contributed by atoms with Crippen LogP contribution in [-0.2, 0) is 19.1 Å². The molecule has 0 spiro atoms. The molecule has 1 heterocycles. The van der Waals surface area contributed by atoms with Gasteiger partial charge in [0, 0.05) is 0 Å². The molecule has 5 nitrogen and oxygen atoms in total. The molecule has 0 aliphatic heterocycles. The van der Waals surface area contributed by atoms with Crippen molar-refractivity contribution < 1.29 is 23.5 Å². The fourth-order valence-electron chi connectivity index (χ4n) is 4.74. The maximum absolute atomic E-state index is 13.5. The van der Waals surface area contributed by atoms with Crippen molar-refractivity contribution in [1.82, 2.24) is 0 Å². The second kappa shape index (κ2) is 16.0. The Morgan fingerprint density at radius 1 is 0.806 bits per heavy atom. The molecule has 1 aromatic carbocycles. The Kier molecular flexibility index (Phi) is 13.4. The number of fused-ring (bicyclic) bond motifs is 1. The quantitative estimate of drug-likeness (QED) is 0.0837. The summed E-state index contributed by atoms with van der Waals surface area (Å²) in [6.45, 7) is 10.9. The van der Waals surface area contributed by atoms with E-state index in [1.807, 2.05) is 43.3 Å². The number of para-hydroxylation sites is 1. The summed E-state index contributed by atoms with van der Waals surface area (Å²) in [7, 11) is 0. The van der Waals surface area contributed by atoms with Crippen LogP contribution in [-0.4, -0.2) is 43.5 Å². The van der Waals surface area contributed by atoms with Crippen molar-refractivity contribution >= 4 is 46.9 Å². The Morgan fingerprint density at radius 3 is 1.89 bits per heavy atom. The molecule has 1 aromatic heterocycles. The molecule has 0 N–H and O–H groups in total. The predicted molar refractivity (Wildman–Crippen MR) is 150 cm³/mol. The van der Waals surface area contributed by atoms with E-state index in [0.717, 1.165) is 60.8 Å². The van der Waals surface area contributed by atoms with Gasteiger partial charge in [0.25, 0.3) is 0 Å². The van der Waals surface area contributed by atoms with E-state index in [9.17, 15) is 9.59 Å². The molecule has 0 amide bonds. The molecular weight excluding hydrogens is 559 g/mol. The van der Waals surface area contributed by atoms with E-state index in [1.165, 1.54) is 0 Å². The van der Waals surface area contributed by atoms with Gasteiger partial charge in [0.2, 0.25) is 0 Å². The van der Waals surface area contributed by atoms with Gasteiger partial charge in [-0.15, -0.1) is 0 Å². The number of carbonyl (C=O) groups is 2. The number of unbranched alkanes of at least 4 members (excludes halogenated alkanes) is 3. The molecule has 198 valence electrons. The average Bonchev–Trinajstić information content (AvgIpc) is 3.31. The van der Waals surface area contributed by atoms with Crippen LogP contribution in [0.25, 0.3) is 16.5 Å². The Bertz CT molecular complexity index is 978. The molecule has 0 aliphatic carbocycles. The zero-order valence-electron chi connectivity index (χ0n) is 22.9. The second-order valence-corrected chi connectivity index (χ2v) is 22.5. The molecular formula is C30H44O5Sn. The minimum atomic E-state index is -3.15. The molecule has 2 aromatic rings. The van der Waals surface area contributed by atoms with E-state index in [0.29, 0.717) is 23.5 Å². The van der Waals surface area contributed by atoms with Crippen LogP contribution in [0.1, 0.15) is 78.9 Å². The third-order valence-electron chi connectivity index (χ3n) is 6.70. The summed E-state index contributed by atoms with van der Waals surface area (Å²) < 4.78 is 21.3. The van der Waals surface area contributed by atoms with E-state index in [2.05, 4.69) is 20.8 Å². The first-order valence-electron chi connectivity index (χ1n) is 13.7. The predicted octanol–water partition coefficient (Wildman–Crippen LogP) is 8.26. The van der Waals surface area contributed by atoms with Gasteiger partial charge in [0.05, 0.1) is 0 Å². The van der Waals surface area contributed by atoms with E-state index in [1.54, 1.807) is 13.0 Å². The molecule has 0 atom stereocenters. The SMILES string of the molecule is CCC[CH2][Sn]([CH2]CCC)([CH2]CCC)/[C](=C\C=C(\C(=O)OCC)c1cc2ccccc2o1)C(=O)OCC. The monoisotopic (exact) mass is 604 g/mol. The Morgan fingerprint density at radius 2 is 1.36 bits per heavy atom. The minimum absolute atomic E-state index is 0.208. The molecule has 0 aliphatic rings. The third kappa shape index (κ3) is 8.25. The van der Waals surface area contributed by atoms with Gasteiger partial charge in [-0.3, -0.25) is 0 Å². The molecule has 0 saturated heterocycles. The zero-order chi connectivity index (χ0) is 26.4. The molecule has 0 unspecified atom stereocenters. The van der Waals surface area contributed by atoms with E-state index in [-0.39, 0.29) is 12.6 Å². The van der Waals surface area contributed by atoms with Crippen molar-refractivity contribution in [3.05, 3.63) is 51.8 Å². The molecule has 0 bridgehead atoms. The number of ether oxygens (including phenoxy) is 2. The van der Waals surface area contributed by atoms with Gasteiger partial charge in [-0.05, 0) is 0 Å². The summed E-state index contributed by atoms with van der Waals surface area (Å²) >= 11 is -3.15. The van der Waals surface area contributed by atoms with Crippen LogP contribution in [0.2, 0.25) is 13.3 Å². The molecule has 0 saturated carbocycles. The van der Waals surface area contributed by atoms with Gasteiger partial charge >= 0.3 is 222 Å². The Hall–Kier alpha value is -2.02. The van der Waals surface area contributed by atoms with Crippen molar-refractivity contribution in [3.63, 3.8) is 0 Å². The van der Waals surface area contributed by atoms with E-state index < -0.39 is 24.3 Å². The summed E-state index contributed by atoms with van der Waals surface area (Å²) in [6.07, 6.45) is 10.3. The van der Waals surface area contributed by atoms with Gasteiger partial charge in [-0.1, -0.05) is 0 Å². The molecule has 2 rings (SSSR count). The van der Waals surface area contributed by atoms with Crippen LogP contribution in [0.4, 0.5) is 0 Å². The molecule has 6 heteroatoms. The van der Waals surface area contributed by atoms with Gasteiger partial charge in [-0.25, -0.2) is 0 Å². The first-order chi connectivity index (χ1) is 17.5. The number of esters is 2. The Balaban J connectivity index is 2.70. The van der Waals surface area contributed by atoms with Crippen LogP contribution in [0.5, 0.6) is 0 Å². The van der Waals surface area contributed by atoms with E-state index >= 15 is 0 Å². The van der Waals surface area contributed by atoms with Crippen molar-refractivity contribution in [2.75, 3.05) is 13.2 Å². The molecule has 0 radical (unpaired) electrons. The number of rotatable bonds is 16. The average molecular weight is 603 g/mol. The number of hydrogen-bond donors (Lipinski definition) is 0. The van der Waals surface area contributed by atoms with Crippen LogP contribution >= 0.6 is 0 Å². The molecule has 0 fully saturated rings. The van der Waals surface area contributed by atoms with Crippen molar-refractivity contribution in [1.29, 1.82) is 0 Å². The number of furan rings is 1. The van der Waals surface area contributed by atoms with Crippen molar-refractivity contribution in [2.45, 2.75) is 86.5 Å². The number of carbonyl (C=O) groups excluding carboxylic acids is 2. The standard InChI is InChI=1S/C18H17O5.3C4H9.Sn/c1-3-21-17(19)11-7-9-14(18(20)22-4-2)16-12-13-8-5-6-10-15(13)23-16;3*1-3-4-2;/h5-10,12H,3-4H2,1-2H3;3*1,3-4H2,2H3;/b11-7?,14-9+;;;;. The van der Waals surface area contributed by atoms with Crippen LogP contribution in [0, 0.1) is 0 Å². The normalized spacial score (nSPS) is 12.7. The topological polar surface area (TPSA) is 65.7 Å². The van der Waals surface area contributed by atoms with E-state index in [4.69, 9.17) is 13.9 Å². The summed E-state index contributed by atoms with van der Waals surface area (Å²) in [5.41, 5.74) is 1.04. The van der Waals surface area contributed by atoms with Crippen molar-refractivity contribution in [3.8, 4) is 0 Å². The first-order valence-corrected chi connectivity index (χ1v) is 21.2. The zero-order valence-corrected chi connectivity index (χ0v) is 25.7. The summed E-state index contributed by atoms with van der Waals surface area (Å²) in [5, 5.41) is 0.916. The third-order valence-corrected chi connectivity index (χ3v) is 22.2. The summed E-state index contributed by atoms with van der Waals surface area (Å²) in [5.74, 6) is -0.209. The van der Waals surface area contributed by atoms with Crippen LogP contribution in [0.3, 0.4) is 0 Å². The van der Waals surface area contributed by atoms with Gasteiger partial charge in [0.15, 0.2) is 0 Å². The van der Waals surface area contributed by atoms with Crippen molar-refractivity contribution in [2.24, 2.45) is 0 Å². The summed E-state index contributed by atoms with van der Waals surface area (Å²) in [4.78, 5) is 26.5. The fourth-order valence-corrected chi connectivity index (χ4v) is 20.7. The van der Waals surface area contributed by atoms with Gasteiger partial charge < -0.3 is 0 Å². The van der Waals surface area contributed by atoms with Gasteiger partial charge in [0.1, 0.15) is 0 Å². The summed E-state index contributed by atoms with van der Waals surface area (Å²) in [6, 6.07) is 9.53. The maximum atomic E-state index is 13.5. The van der Waals surface area contributed by atoms with Crippen LogP contribution < -0.4 is 0 Å².